The van der Waals surface area contributed by atoms with Crippen LogP contribution in [-0.2, 0) is 14.4 Å². The molecule has 2 aliphatic rings. The Kier molecular flexibility index (Phi) is 5.86. The summed E-state index contributed by atoms with van der Waals surface area (Å²) in [6, 6.07) is 7.56. The van der Waals surface area contributed by atoms with Gasteiger partial charge in [-0.2, -0.15) is 0 Å². The zero-order valence-corrected chi connectivity index (χ0v) is 15.8. The topological polar surface area (TPSA) is 87.3 Å². The molecular formula is C19H25N3O3S. The van der Waals surface area contributed by atoms with Crippen molar-refractivity contribution in [1.82, 2.24) is 10.6 Å². The highest BCUT2D eigenvalue weighted by molar-refractivity contribution is 8.01. The van der Waals surface area contributed by atoms with Crippen LogP contribution in [0.5, 0.6) is 0 Å². The Labute approximate surface area is 157 Å². The summed E-state index contributed by atoms with van der Waals surface area (Å²) < 4.78 is 0. The minimum atomic E-state index is -0.834. The van der Waals surface area contributed by atoms with Crippen molar-refractivity contribution < 1.29 is 14.4 Å². The van der Waals surface area contributed by atoms with Gasteiger partial charge < -0.3 is 16.0 Å². The minimum Gasteiger partial charge on any atom is -0.354 e. The van der Waals surface area contributed by atoms with E-state index in [-0.39, 0.29) is 24.1 Å². The highest BCUT2D eigenvalue weighted by atomic mass is 32.2. The van der Waals surface area contributed by atoms with E-state index in [9.17, 15) is 14.4 Å². The number of anilines is 1. The van der Waals surface area contributed by atoms with E-state index < -0.39 is 10.8 Å². The molecule has 1 aliphatic heterocycles. The molecule has 1 aliphatic carbocycles. The number of carbonyl (C=O) groups is 3. The van der Waals surface area contributed by atoms with Crippen LogP contribution in [0.4, 0.5) is 5.69 Å². The molecule has 0 bridgehead atoms. The smallest absolute Gasteiger partial charge is 0.245 e. The molecule has 0 spiro atoms. The Morgan fingerprint density at radius 3 is 2.69 bits per heavy atom. The van der Waals surface area contributed by atoms with Gasteiger partial charge >= 0.3 is 0 Å². The zero-order chi connectivity index (χ0) is 18.6. The van der Waals surface area contributed by atoms with E-state index in [0.29, 0.717) is 19.4 Å². The first-order chi connectivity index (χ1) is 12.5. The molecule has 140 valence electrons. The number of benzene rings is 1. The third kappa shape index (κ3) is 4.03. The number of para-hydroxylation sites is 1. The minimum absolute atomic E-state index is 0.0615. The van der Waals surface area contributed by atoms with Crippen molar-refractivity contribution in [2.75, 3.05) is 11.9 Å². The number of hydrogen-bond donors (Lipinski definition) is 3. The molecular weight excluding hydrogens is 350 g/mol. The van der Waals surface area contributed by atoms with Crippen molar-refractivity contribution in [3.05, 3.63) is 24.3 Å². The lowest BCUT2D eigenvalue weighted by molar-refractivity contribution is -0.135. The maximum atomic E-state index is 12.7. The molecule has 3 N–H and O–H groups in total. The van der Waals surface area contributed by atoms with Crippen LogP contribution in [0.15, 0.2) is 29.2 Å². The Bertz CT molecular complexity index is 701. The third-order valence-corrected chi connectivity index (χ3v) is 6.21. The maximum Gasteiger partial charge on any atom is 0.245 e. The summed E-state index contributed by atoms with van der Waals surface area (Å²) in [6.45, 7) is 2.41. The van der Waals surface area contributed by atoms with Gasteiger partial charge in [-0.1, -0.05) is 31.4 Å². The van der Waals surface area contributed by atoms with Gasteiger partial charge in [0.25, 0.3) is 0 Å². The average Bonchev–Trinajstić information content (AvgIpc) is 2.63. The van der Waals surface area contributed by atoms with E-state index in [1.807, 2.05) is 31.2 Å². The second-order valence-corrected chi connectivity index (χ2v) is 8.09. The fourth-order valence-corrected chi connectivity index (χ4v) is 4.72. The largest absolute Gasteiger partial charge is 0.354 e. The predicted molar refractivity (Wildman–Crippen MR) is 102 cm³/mol. The second kappa shape index (κ2) is 8.12. The van der Waals surface area contributed by atoms with Crippen molar-refractivity contribution >= 4 is 35.2 Å². The van der Waals surface area contributed by atoms with Crippen molar-refractivity contribution in [2.45, 2.75) is 61.1 Å². The van der Waals surface area contributed by atoms with Gasteiger partial charge in [0.2, 0.25) is 17.7 Å². The first kappa shape index (κ1) is 18.8. The summed E-state index contributed by atoms with van der Waals surface area (Å²) in [5.41, 5.74) is -0.0516. The molecule has 6 nitrogen and oxygen atoms in total. The van der Waals surface area contributed by atoms with Gasteiger partial charge in [-0.25, -0.2) is 0 Å². The van der Waals surface area contributed by atoms with Crippen LogP contribution < -0.4 is 16.0 Å². The van der Waals surface area contributed by atoms with Crippen LogP contribution in [0.2, 0.25) is 0 Å². The van der Waals surface area contributed by atoms with Crippen LogP contribution in [0.25, 0.3) is 0 Å². The molecule has 1 saturated carbocycles. The predicted octanol–water partition coefficient (Wildman–Crippen LogP) is 2.44. The quantitative estimate of drug-likeness (QED) is 0.738. The van der Waals surface area contributed by atoms with Crippen molar-refractivity contribution in [1.29, 1.82) is 0 Å². The number of nitrogens with one attached hydrogen (secondary N) is 3. The van der Waals surface area contributed by atoms with Gasteiger partial charge in [0.05, 0.1) is 10.9 Å². The number of thioether (sulfide) groups is 1. The molecule has 1 aromatic rings. The van der Waals surface area contributed by atoms with Gasteiger partial charge in [-0.3, -0.25) is 14.4 Å². The molecule has 3 rings (SSSR count). The van der Waals surface area contributed by atoms with E-state index in [1.165, 1.54) is 11.8 Å². The van der Waals surface area contributed by atoms with Crippen molar-refractivity contribution in [2.24, 2.45) is 0 Å². The Morgan fingerprint density at radius 1 is 1.23 bits per heavy atom. The molecule has 1 heterocycles. The number of hydrogen-bond acceptors (Lipinski definition) is 4. The molecule has 0 saturated heterocycles. The van der Waals surface area contributed by atoms with Crippen LogP contribution >= 0.6 is 11.8 Å². The molecule has 0 radical (unpaired) electrons. The number of likely N-dealkylation sites (N-methyl/N-ethyl adjacent to an activating group) is 1. The Hall–Kier alpha value is -2.02. The molecule has 3 amide bonds. The van der Waals surface area contributed by atoms with Crippen molar-refractivity contribution in [3.8, 4) is 0 Å². The fourth-order valence-electron chi connectivity index (χ4n) is 3.61. The van der Waals surface area contributed by atoms with E-state index in [2.05, 4.69) is 16.0 Å². The zero-order valence-electron chi connectivity index (χ0n) is 15.0. The number of fused-ring (bicyclic) bond motifs is 1. The highest BCUT2D eigenvalue weighted by Crippen LogP contribution is 2.37. The van der Waals surface area contributed by atoms with Gasteiger partial charge in [0, 0.05) is 17.9 Å². The molecule has 26 heavy (non-hydrogen) atoms. The average molecular weight is 375 g/mol. The normalized spacial score (nSPS) is 21.3. The molecule has 1 aromatic carbocycles. The summed E-state index contributed by atoms with van der Waals surface area (Å²) in [4.78, 5) is 38.5. The molecule has 7 heteroatoms. The number of carbonyl (C=O) groups excluding carboxylic acids is 3. The number of amides is 3. The van der Waals surface area contributed by atoms with E-state index in [4.69, 9.17) is 0 Å². The molecule has 0 aromatic heterocycles. The lowest BCUT2D eigenvalue weighted by atomic mass is 9.80. The van der Waals surface area contributed by atoms with E-state index >= 15 is 0 Å². The monoisotopic (exact) mass is 375 g/mol. The van der Waals surface area contributed by atoms with Gasteiger partial charge in [-0.15, -0.1) is 11.8 Å². The molecule has 1 unspecified atom stereocenters. The summed E-state index contributed by atoms with van der Waals surface area (Å²) in [5, 5.41) is 8.18. The summed E-state index contributed by atoms with van der Waals surface area (Å²) in [7, 11) is 0. The van der Waals surface area contributed by atoms with Gasteiger partial charge in [0.15, 0.2) is 0 Å². The van der Waals surface area contributed by atoms with Crippen LogP contribution in [0, 0.1) is 0 Å². The Morgan fingerprint density at radius 2 is 1.96 bits per heavy atom. The SMILES string of the molecule is CCNC(=O)C1(NC(=O)CC2Sc3ccccc3NC2=O)CCCCC1. The molecule has 1 atom stereocenters. The van der Waals surface area contributed by atoms with Gasteiger partial charge in [0.1, 0.15) is 5.54 Å². The first-order valence-electron chi connectivity index (χ1n) is 9.20. The lowest BCUT2D eigenvalue weighted by Gasteiger charge is -2.37. The first-order valence-corrected chi connectivity index (χ1v) is 10.1. The van der Waals surface area contributed by atoms with Crippen LogP contribution in [0.1, 0.15) is 45.4 Å². The summed E-state index contributed by atoms with van der Waals surface area (Å²) in [6.07, 6.45) is 4.28. The summed E-state index contributed by atoms with van der Waals surface area (Å²) in [5.74, 6) is -0.524. The highest BCUT2D eigenvalue weighted by Gasteiger charge is 2.41. The van der Waals surface area contributed by atoms with E-state index in [0.717, 1.165) is 29.8 Å². The summed E-state index contributed by atoms with van der Waals surface area (Å²) >= 11 is 1.40. The van der Waals surface area contributed by atoms with Crippen LogP contribution in [0.3, 0.4) is 0 Å². The maximum absolute atomic E-state index is 12.7. The van der Waals surface area contributed by atoms with Gasteiger partial charge in [-0.05, 0) is 31.9 Å². The number of rotatable bonds is 5. The standard InChI is InChI=1S/C19H25N3O3S/c1-2-20-18(25)19(10-6-3-7-11-19)22-16(23)12-15-17(24)21-13-8-4-5-9-14(13)26-15/h4-5,8-9,15H,2-3,6-7,10-12H2,1H3,(H,20,25)(H,21,24)(H,22,23). The second-order valence-electron chi connectivity index (χ2n) is 6.85. The Balaban J connectivity index is 1.67. The van der Waals surface area contributed by atoms with E-state index in [1.54, 1.807) is 0 Å². The van der Waals surface area contributed by atoms with Crippen LogP contribution in [-0.4, -0.2) is 35.1 Å². The lowest BCUT2D eigenvalue weighted by Crippen LogP contribution is -2.60. The third-order valence-electron chi connectivity index (χ3n) is 4.94. The fraction of sp³-hybridized carbons (Fsp3) is 0.526. The van der Waals surface area contributed by atoms with Crippen molar-refractivity contribution in [3.63, 3.8) is 0 Å². The molecule has 1 fully saturated rings.